The van der Waals surface area contributed by atoms with Crippen molar-refractivity contribution in [2.45, 2.75) is 30.4 Å². The van der Waals surface area contributed by atoms with E-state index in [2.05, 4.69) is 55.5 Å². The molecule has 4 atom stereocenters. The van der Waals surface area contributed by atoms with Crippen LogP contribution in [0.5, 0.6) is 0 Å². The van der Waals surface area contributed by atoms with Gasteiger partial charge in [0.2, 0.25) is 5.91 Å². The highest BCUT2D eigenvalue weighted by molar-refractivity contribution is 5.88. The molecule has 7 rings (SSSR count). The van der Waals surface area contributed by atoms with Crippen molar-refractivity contribution in [3.05, 3.63) is 94.9 Å². The molecule has 0 N–H and O–H groups in total. The van der Waals surface area contributed by atoms with Crippen LogP contribution >= 0.6 is 0 Å². The zero-order valence-electron chi connectivity index (χ0n) is 17.4. The zero-order valence-corrected chi connectivity index (χ0v) is 17.4. The number of nitrogens with zero attached hydrogens (tertiary/aromatic N) is 1. The summed E-state index contributed by atoms with van der Waals surface area (Å²) in [4.78, 5) is 15.8. The van der Waals surface area contributed by atoms with Crippen LogP contribution in [0.1, 0.15) is 46.9 Å². The van der Waals surface area contributed by atoms with Gasteiger partial charge in [-0.3, -0.25) is 4.79 Å². The van der Waals surface area contributed by atoms with Crippen molar-refractivity contribution in [3.8, 4) is 0 Å². The lowest BCUT2D eigenvalue weighted by molar-refractivity contribution is -0.135. The first-order valence-corrected chi connectivity index (χ1v) is 10.6. The van der Waals surface area contributed by atoms with E-state index >= 15 is 0 Å². The summed E-state index contributed by atoms with van der Waals surface area (Å²) in [6.45, 7) is 2.11. The number of methoxy groups -OCH3 is 1. The Kier molecular flexibility index (Phi) is 3.64. The molecule has 2 bridgehead atoms. The van der Waals surface area contributed by atoms with Gasteiger partial charge in [-0.05, 0) is 41.3 Å². The van der Waals surface area contributed by atoms with Gasteiger partial charge in [0.1, 0.15) is 5.76 Å². The Labute approximate surface area is 176 Å². The zero-order chi connectivity index (χ0) is 20.6. The molecule has 3 aliphatic carbocycles. The van der Waals surface area contributed by atoms with E-state index < -0.39 is 5.41 Å². The van der Waals surface area contributed by atoms with E-state index in [1.165, 1.54) is 22.3 Å². The summed E-state index contributed by atoms with van der Waals surface area (Å²) in [5, 5.41) is 0. The van der Waals surface area contributed by atoms with Gasteiger partial charge in [-0.1, -0.05) is 48.5 Å². The third-order valence-electron chi connectivity index (χ3n) is 7.97. The minimum atomic E-state index is -0.520. The van der Waals surface area contributed by atoms with Gasteiger partial charge in [0.15, 0.2) is 0 Å². The summed E-state index contributed by atoms with van der Waals surface area (Å²) >= 11 is 0. The van der Waals surface area contributed by atoms with Crippen LogP contribution < -0.4 is 0 Å². The van der Waals surface area contributed by atoms with Crippen LogP contribution in [0.25, 0.3) is 0 Å². The Bertz CT molecular complexity index is 1090. The number of ether oxygens (including phenoxy) is 1. The van der Waals surface area contributed by atoms with Crippen LogP contribution in [0.2, 0.25) is 0 Å². The number of furan rings is 1. The molecule has 2 aromatic carbocycles. The molecule has 4 aliphatic rings. The van der Waals surface area contributed by atoms with Gasteiger partial charge in [0, 0.05) is 26.0 Å². The maximum atomic E-state index is 13.9. The van der Waals surface area contributed by atoms with E-state index in [0.29, 0.717) is 0 Å². The first-order valence-electron chi connectivity index (χ1n) is 10.6. The molecule has 1 aromatic heterocycles. The lowest BCUT2D eigenvalue weighted by Gasteiger charge is -2.57. The molecule has 3 aromatic rings. The van der Waals surface area contributed by atoms with E-state index in [1.54, 1.807) is 13.4 Å². The van der Waals surface area contributed by atoms with E-state index in [9.17, 15) is 4.79 Å². The lowest BCUT2D eigenvalue weighted by Crippen LogP contribution is -2.58. The third-order valence-corrected chi connectivity index (χ3v) is 7.97. The molecule has 0 spiro atoms. The predicted octanol–water partition coefficient (Wildman–Crippen LogP) is 4.51. The topological polar surface area (TPSA) is 42.7 Å². The van der Waals surface area contributed by atoms with E-state index in [4.69, 9.17) is 9.15 Å². The molecular formula is C26H25NO3. The van der Waals surface area contributed by atoms with Gasteiger partial charge in [0.05, 0.1) is 29.7 Å². The fraction of sp³-hybridized carbons (Fsp3) is 0.346. The molecule has 1 saturated heterocycles. The summed E-state index contributed by atoms with van der Waals surface area (Å²) in [5.41, 5.74) is 4.60. The highest BCUT2D eigenvalue weighted by Crippen LogP contribution is 2.68. The maximum Gasteiger partial charge on any atom is 0.227 e. The Morgan fingerprint density at radius 2 is 1.63 bits per heavy atom. The van der Waals surface area contributed by atoms with E-state index in [1.807, 2.05) is 24.1 Å². The van der Waals surface area contributed by atoms with Crippen LogP contribution in [-0.2, 0) is 14.9 Å². The van der Waals surface area contributed by atoms with E-state index in [0.717, 1.165) is 5.76 Å². The number of hydrogen-bond acceptors (Lipinski definition) is 3. The minimum Gasteiger partial charge on any atom is -0.467 e. The van der Waals surface area contributed by atoms with Crippen LogP contribution in [0.4, 0.5) is 0 Å². The molecule has 4 nitrogen and oxygen atoms in total. The molecule has 4 heteroatoms. The van der Waals surface area contributed by atoms with Gasteiger partial charge in [-0.15, -0.1) is 0 Å². The first-order chi connectivity index (χ1) is 14.6. The fourth-order valence-corrected chi connectivity index (χ4v) is 6.90. The van der Waals surface area contributed by atoms with Gasteiger partial charge >= 0.3 is 0 Å². The highest BCUT2D eigenvalue weighted by atomic mass is 16.5. The van der Waals surface area contributed by atoms with Crippen molar-refractivity contribution in [1.29, 1.82) is 0 Å². The molecule has 30 heavy (non-hydrogen) atoms. The van der Waals surface area contributed by atoms with Crippen LogP contribution in [-0.4, -0.2) is 31.1 Å². The standard InChI is InChI=1S/C26H25NO3/c1-15(29-3)26-18-11-6-4-9-16(18)21(17-10-5-7-12-19(17)26)22-23(26)25(28)27(2)24(22)20-13-8-14-30-20/h4-15,21-24H,1-3H3/t15?,21?,22-,23+,24+,26?/m1/s1. The SMILES string of the molecule is COC(C)C12c3ccccc3C(c3ccccc31)[C@@H]1[C@H]2C(=O)N(C)[C@H]1c1ccco1. The summed E-state index contributed by atoms with van der Waals surface area (Å²) in [6, 6.07) is 21.1. The Hall–Kier alpha value is -2.85. The molecule has 152 valence electrons. The number of benzene rings is 2. The average molecular weight is 399 g/mol. The molecule has 1 aliphatic heterocycles. The number of amides is 1. The maximum absolute atomic E-state index is 13.9. The van der Waals surface area contributed by atoms with Gasteiger partial charge in [-0.25, -0.2) is 0 Å². The summed E-state index contributed by atoms with van der Waals surface area (Å²) in [5.74, 6) is 1.09. The molecule has 1 unspecified atom stereocenters. The summed E-state index contributed by atoms with van der Waals surface area (Å²) in [6.07, 6.45) is 1.55. The molecule has 1 fully saturated rings. The highest BCUT2D eigenvalue weighted by Gasteiger charge is 2.69. The quantitative estimate of drug-likeness (QED) is 0.651. The van der Waals surface area contributed by atoms with E-state index in [-0.39, 0.29) is 35.8 Å². The second-order valence-electron chi connectivity index (χ2n) is 8.86. The van der Waals surface area contributed by atoms with Gasteiger partial charge in [0.25, 0.3) is 0 Å². The van der Waals surface area contributed by atoms with Crippen molar-refractivity contribution >= 4 is 5.91 Å². The van der Waals surface area contributed by atoms with Crippen molar-refractivity contribution in [2.75, 3.05) is 14.2 Å². The summed E-state index contributed by atoms with van der Waals surface area (Å²) < 4.78 is 11.9. The lowest BCUT2D eigenvalue weighted by atomic mass is 9.45. The summed E-state index contributed by atoms with van der Waals surface area (Å²) in [7, 11) is 3.68. The minimum absolute atomic E-state index is 0.0901. The fourth-order valence-electron chi connectivity index (χ4n) is 6.90. The molecular weight excluding hydrogens is 374 g/mol. The van der Waals surface area contributed by atoms with Gasteiger partial charge in [-0.2, -0.15) is 0 Å². The third kappa shape index (κ3) is 1.89. The smallest absolute Gasteiger partial charge is 0.227 e. The average Bonchev–Trinajstić information content (AvgIpc) is 3.40. The number of rotatable bonds is 3. The number of likely N-dealkylation sites (tertiary alicyclic amines) is 1. The monoisotopic (exact) mass is 399 g/mol. The normalized spacial score (nSPS) is 32.0. The molecule has 0 saturated carbocycles. The van der Waals surface area contributed by atoms with Gasteiger partial charge < -0.3 is 14.1 Å². The van der Waals surface area contributed by atoms with Crippen molar-refractivity contribution in [2.24, 2.45) is 11.8 Å². The Morgan fingerprint density at radius 1 is 1.00 bits per heavy atom. The Morgan fingerprint density at radius 3 is 2.20 bits per heavy atom. The largest absolute Gasteiger partial charge is 0.467 e. The van der Waals surface area contributed by atoms with Crippen molar-refractivity contribution < 1.29 is 13.9 Å². The second kappa shape index (κ2) is 6.08. The molecule has 1 amide bonds. The van der Waals surface area contributed by atoms with Crippen molar-refractivity contribution in [3.63, 3.8) is 0 Å². The van der Waals surface area contributed by atoms with Crippen LogP contribution in [0.15, 0.2) is 71.3 Å². The van der Waals surface area contributed by atoms with Crippen LogP contribution in [0.3, 0.4) is 0 Å². The first kappa shape index (κ1) is 18.0. The second-order valence-corrected chi connectivity index (χ2v) is 8.86. The number of carbonyl (C=O) groups is 1. The predicted molar refractivity (Wildman–Crippen MR) is 113 cm³/mol. The number of hydrogen-bond donors (Lipinski definition) is 0. The number of carbonyl (C=O) groups excluding carboxylic acids is 1. The molecule has 0 radical (unpaired) electrons. The van der Waals surface area contributed by atoms with Crippen LogP contribution in [0, 0.1) is 11.8 Å². The van der Waals surface area contributed by atoms with Crippen molar-refractivity contribution in [1.82, 2.24) is 4.90 Å². The Balaban J connectivity index is 1.73. The molecule has 2 heterocycles.